The molecule has 0 aliphatic heterocycles. The highest BCUT2D eigenvalue weighted by molar-refractivity contribution is 7.26. The maximum absolute atomic E-state index is 2.45. The van der Waals surface area contributed by atoms with Gasteiger partial charge in [0, 0.05) is 36.6 Å². The average Bonchev–Trinajstić information content (AvgIpc) is 3.77. The summed E-state index contributed by atoms with van der Waals surface area (Å²) in [4.78, 5) is 0. The van der Waals surface area contributed by atoms with Crippen LogP contribution in [-0.4, -0.2) is 4.57 Å². The van der Waals surface area contributed by atoms with Crippen molar-refractivity contribution in [2.75, 3.05) is 0 Å². The van der Waals surface area contributed by atoms with Crippen molar-refractivity contribution in [2.45, 2.75) is 0 Å². The summed E-state index contributed by atoms with van der Waals surface area (Å²) >= 11 is 1.91. The summed E-state index contributed by atoms with van der Waals surface area (Å²) in [6, 6.07) is 56.3. The predicted molar refractivity (Wildman–Crippen MR) is 199 cm³/mol. The Kier molecular flexibility index (Phi) is 4.78. The molecule has 0 saturated heterocycles. The molecule has 0 N–H and O–H groups in total. The van der Waals surface area contributed by atoms with Gasteiger partial charge < -0.3 is 4.57 Å². The first-order valence-electron chi connectivity index (χ1n) is 15.9. The Labute approximate surface area is 269 Å². The van der Waals surface area contributed by atoms with Gasteiger partial charge >= 0.3 is 0 Å². The summed E-state index contributed by atoms with van der Waals surface area (Å²) in [5.41, 5.74) is 11.6. The van der Waals surface area contributed by atoms with Crippen LogP contribution in [0.5, 0.6) is 0 Å². The van der Waals surface area contributed by atoms with Gasteiger partial charge in [0.05, 0.1) is 11.0 Å². The first-order valence-corrected chi connectivity index (χ1v) is 16.7. The van der Waals surface area contributed by atoms with Crippen LogP contribution >= 0.6 is 11.3 Å². The molecule has 0 saturated carbocycles. The summed E-state index contributed by atoms with van der Waals surface area (Å²) in [7, 11) is 0. The Morgan fingerprint density at radius 1 is 0.391 bits per heavy atom. The number of hydrogen-bond donors (Lipinski definition) is 0. The highest BCUT2D eigenvalue weighted by atomic mass is 32.1. The highest BCUT2D eigenvalue weighted by Gasteiger charge is 2.22. The SMILES string of the molecule is c1ccc2c(c1)-c1cccc3c(-c4ccc5cc(-n6c7ccccc7c7c8sc9ccccc9c8ccc76)ccc5c4)ccc-2c13. The van der Waals surface area contributed by atoms with E-state index in [4.69, 9.17) is 0 Å². The van der Waals surface area contributed by atoms with Gasteiger partial charge in [-0.1, -0.05) is 115 Å². The molecule has 0 unspecified atom stereocenters. The molecule has 0 fully saturated rings. The molecule has 0 amide bonds. The predicted octanol–water partition coefficient (Wildman–Crippen LogP) is 12.8. The van der Waals surface area contributed by atoms with E-state index >= 15 is 0 Å². The fourth-order valence-electron chi connectivity index (χ4n) is 8.11. The van der Waals surface area contributed by atoms with Crippen molar-refractivity contribution in [3.63, 3.8) is 0 Å². The second kappa shape index (κ2) is 8.94. The maximum Gasteiger partial charge on any atom is 0.0555 e. The topological polar surface area (TPSA) is 4.93 Å². The van der Waals surface area contributed by atoms with E-state index in [0.717, 1.165) is 0 Å². The molecule has 11 rings (SSSR count). The normalized spacial score (nSPS) is 12.3. The van der Waals surface area contributed by atoms with E-state index in [1.165, 1.54) is 103 Å². The molecular formula is C44H25NS. The lowest BCUT2D eigenvalue weighted by molar-refractivity contribution is 1.19. The lowest BCUT2D eigenvalue weighted by atomic mass is 9.93. The van der Waals surface area contributed by atoms with Crippen molar-refractivity contribution in [3.8, 4) is 39.1 Å². The van der Waals surface area contributed by atoms with Crippen LogP contribution in [-0.2, 0) is 0 Å². The van der Waals surface area contributed by atoms with E-state index in [9.17, 15) is 0 Å². The fraction of sp³-hybridized carbons (Fsp3) is 0. The van der Waals surface area contributed by atoms with Crippen LogP contribution in [0.25, 0.3) is 103 Å². The van der Waals surface area contributed by atoms with Crippen LogP contribution in [0.2, 0.25) is 0 Å². The minimum absolute atomic E-state index is 1.19. The zero-order valence-electron chi connectivity index (χ0n) is 24.8. The largest absolute Gasteiger partial charge is 0.309 e. The second-order valence-corrected chi connectivity index (χ2v) is 13.5. The first kappa shape index (κ1) is 24.6. The summed E-state index contributed by atoms with van der Waals surface area (Å²) in [6.45, 7) is 0. The highest BCUT2D eigenvalue weighted by Crippen LogP contribution is 2.49. The van der Waals surface area contributed by atoms with Crippen molar-refractivity contribution >= 4 is 74.9 Å². The summed E-state index contributed by atoms with van der Waals surface area (Å²) in [5.74, 6) is 0. The number of para-hydroxylation sites is 1. The van der Waals surface area contributed by atoms with Crippen molar-refractivity contribution in [3.05, 3.63) is 152 Å². The Hall–Kier alpha value is -5.70. The Balaban J connectivity index is 1.09. The lowest BCUT2D eigenvalue weighted by Gasteiger charge is -2.12. The molecule has 0 atom stereocenters. The van der Waals surface area contributed by atoms with Gasteiger partial charge in [-0.15, -0.1) is 11.3 Å². The summed E-state index contributed by atoms with van der Waals surface area (Å²) < 4.78 is 5.16. The number of hydrogen-bond acceptors (Lipinski definition) is 1. The number of rotatable bonds is 2. The zero-order chi connectivity index (χ0) is 29.9. The van der Waals surface area contributed by atoms with E-state index in [1.807, 2.05) is 11.3 Å². The standard InChI is InChI=1S/C44H25NS/c1-2-9-32-31(8-1)35-13-7-12-34-30(20-21-36(32)42(34)35)28-17-16-27-25-29(19-18-26(27)24-28)45-39-14-5-3-11-38(39)43-40(45)23-22-37-33-10-4-6-15-41(33)46-44(37)43/h1-25H. The minimum Gasteiger partial charge on any atom is -0.309 e. The lowest BCUT2D eigenvalue weighted by Crippen LogP contribution is -1.93. The van der Waals surface area contributed by atoms with Crippen LogP contribution in [0, 0.1) is 0 Å². The van der Waals surface area contributed by atoms with Gasteiger partial charge in [-0.2, -0.15) is 0 Å². The Morgan fingerprint density at radius 3 is 2.00 bits per heavy atom. The smallest absolute Gasteiger partial charge is 0.0555 e. The monoisotopic (exact) mass is 599 g/mol. The van der Waals surface area contributed by atoms with Crippen LogP contribution < -0.4 is 0 Å². The van der Waals surface area contributed by atoms with Crippen LogP contribution in [0.4, 0.5) is 0 Å². The molecule has 1 nitrogen and oxygen atoms in total. The molecule has 2 aromatic heterocycles. The molecule has 10 aromatic rings. The molecule has 8 aromatic carbocycles. The quantitative estimate of drug-likeness (QED) is 0.186. The molecule has 1 aliphatic rings. The molecule has 0 radical (unpaired) electrons. The van der Waals surface area contributed by atoms with E-state index in [0.29, 0.717) is 0 Å². The van der Waals surface area contributed by atoms with Crippen molar-refractivity contribution < 1.29 is 0 Å². The number of thiophene rings is 1. The van der Waals surface area contributed by atoms with Gasteiger partial charge in [0.25, 0.3) is 0 Å². The van der Waals surface area contributed by atoms with Gasteiger partial charge in [-0.05, 0) is 91.3 Å². The zero-order valence-corrected chi connectivity index (χ0v) is 25.6. The third kappa shape index (κ3) is 3.19. The van der Waals surface area contributed by atoms with Crippen molar-refractivity contribution in [1.82, 2.24) is 4.57 Å². The maximum atomic E-state index is 2.45. The van der Waals surface area contributed by atoms with E-state index in [2.05, 4.69) is 156 Å². The molecule has 46 heavy (non-hydrogen) atoms. The molecule has 0 spiro atoms. The summed E-state index contributed by atoms with van der Waals surface area (Å²) in [6.07, 6.45) is 0. The number of fused-ring (bicyclic) bond motifs is 11. The van der Waals surface area contributed by atoms with Gasteiger partial charge in [0.1, 0.15) is 0 Å². The first-order chi connectivity index (χ1) is 22.8. The number of nitrogens with zero attached hydrogens (tertiary/aromatic N) is 1. The Bertz CT molecular complexity index is 2890. The Morgan fingerprint density at radius 2 is 1.09 bits per heavy atom. The third-order valence-corrected chi connectivity index (χ3v) is 11.3. The van der Waals surface area contributed by atoms with Gasteiger partial charge in [-0.25, -0.2) is 0 Å². The van der Waals surface area contributed by atoms with Gasteiger partial charge in [-0.3, -0.25) is 0 Å². The van der Waals surface area contributed by atoms with E-state index in [-0.39, 0.29) is 0 Å². The van der Waals surface area contributed by atoms with Crippen molar-refractivity contribution in [1.29, 1.82) is 0 Å². The minimum atomic E-state index is 1.19. The molecule has 2 heterocycles. The second-order valence-electron chi connectivity index (χ2n) is 12.5. The molecule has 2 heteroatoms. The van der Waals surface area contributed by atoms with Crippen LogP contribution in [0.1, 0.15) is 0 Å². The van der Waals surface area contributed by atoms with Gasteiger partial charge in [0.2, 0.25) is 0 Å². The van der Waals surface area contributed by atoms with E-state index in [1.54, 1.807) is 0 Å². The van der Waals surface area contributed by atoms with E-state index < -0.39 is 0 Å². The molecule has 212 valence electrons. The van der Waals surface area contributed by atoms with Crippen LogP contribution in [0.15, 0.2) is 152 Å². The summed E-state index contributed by atoms with van der Waals surface area (Å²) in [5, 5.41) is 10.5. The molecular weight excluding hydrogens is 575 g/mol. The third-order valence-electron chi connectivity index (χ3n) is 10.1. The van der Waals surface area contributed by atoms with Crippen molar-refractivity contribution in [2.24, 2.45) is 0 Å². The fourth-order valence-corrected chi connectivity index (χ4v) is 9.37. The van der Waals surface area contributed by atoms with Crippen LogP contribution in [0.3, 0.4) is 0 Å². The average molecular weight is 600 g/mol. The number of benzene rings is 8. The molecule has 0 bridgehead atoms. The number of aromatic nitrogens is 1. The molecule has 1 aliphatic carbocycles. The van der Waals surface area contributed by atoms with Gasteiger partial charge in [0.15, 0.2) is 0 Å².